The summed E-state index contributed by atoms with van der Waals surface area (Å²) in [5, 5.41) is 31.6. The minimum absolute atomic E-state index is 0.00424. The molecule has 0 aromatic heterocycles. The normalized spacial score (nSPS) is 18.2. The number of rotatable bonds is 56. The van der Waals surface area contributed by atoms with Crippen molar-refractivity contribution in [2.75, 3.05) is 13.2 Å². The van der Waals surface area contributed by atoms with Crippen LogP contribution >= 0.6 is 0 Å². The minimum Gasteiger partial charge on any atom is -0.479 e. The van der Waals surface area contributed by atoms with Crippen molar-refractivity contribution in [2.24, 2.45) is 0 Å². The lowest BCUT2D eigenvalue weighted by molar-refractivity contribution is -0.301. The fraction of sp³-hybridized carbons (Fsp3) is 0.718. The molecular formula is C71H118O12. The minimum atomic E-state index is -1.92. The Kier molecular flexibility index (Phi) is 53.6. The van der Waals surface area contributed by atoms with Gasteiger partial charge in [0.1, 0.15) is 18.8 Å². The fourth-order valence-corrected chi connectivity index (χ4v) is 9.54. The van der Waals surface area contributed by atoms with Crippen LogP contribution in [0.1, 0.15) is 278 Å². The highest BCUT2D eigenvalue weighted by Gasteiger charge is 2.50. The first-order chi connectivity index (χ1) is 40.6. The molecule has 1 saturated heterocycles. The maximum atomic E-state index is 13.2. The van der Waals surface area contributed by atoms with Gasteiger partial charge in [0, 0.05) is 19.3 Å². The zero-order valence-electron chi connectivity index (χ0n) is 52.4. The van der Waals surface area contributed by atoms with Crippen LogP contribution in [-0.2, 0) is 42.9 Å². The van der Waals surface area contributed by atoms with Crippen LogP contribution in [0.15, 0.2) is 97.2 Å². The Morgan fingerprint density at radius 1 is 0.410 bits per heavy atom. The van der Waals surface area contributed by atoms with Crippen molar-refractivity contribution in [2.45, 2.75) is 314 Å². The highest BCUT2D eigenvalue weighted by Crippen LogP contribution is 2.26. The van der Waals surface area contributed by atoms with Gasteiger partial charge in [-0.25, -0.2) is 4.79 Å². The SMILES string of the molecule is CC/C=C\C/C=C\C/C=C\C/C=C\CCCCC(=O)OC1C(OCC(COC(=O)CCCCCCCCCCC/C=C\C/C=C\CCCCC)OC(=O)CCCCCCCCCCC/C=C\C/C=C\CCCCC)OC(C(=O)O)C(O)C1O. The summed E-state index contributed by atoms with van der Waals surface area (Å²) in [5.41, 5.74) is 0. The second kappa shape index (κ2) is 58.0. The number of unbranched alkanes of at least 4 members (excludes halogenated alkanes) is 26. The summed E-state index contributed by atoms with van der Waals surface area (Å²) in [6.07, 6.45) is 65.1. The van der Waals surface area contributed by atoms with Crippen LogP contribution in [0.2, 0.25) is 0 Å². The number of allylic oxidation sites excluding steroid dienone is 16. The van der Waals surface area contributed by atoms with Crippen LogP contribution in [-0.4, -0.2) is 89.2 Å². The second-order valence-corrected chi connectivity index (χ2v) is 22.4. The van der Waals surface area contributed by atoms with E-state index in [9.17, 15) is 34.5 Å². The van der Waals surface area contributed by atoms with Crippen molar-refractivity contribution in [3.05, 3.63) is 97.2 Å². The van der Waals surface area contributed by atoms with Gasteiger partial charge >= 0.3 is 23.9 Å². The number of hydrogen-bond acceptors (Lipinski definition) is 11. The summed E-state index contributed by atoms with van der Waals surface area (Å²) in [4.78, 5) is 51.4. The topological polar surface area (TPSA) is 175 Å². The molecule has 1 aliphatic heterocycles. The van der Waals surface area contributed by atoms with Gasteiger partial charge in [0.2, 0.25) is 0 Å². The molecule has 3 N–H and O–H groups in total. The molecule has 0 spiro atoms. The number of ether oxygens (including phenoxy) is 5. The van der Waals surface area contributed by atoms with Crippen molar-refractivity contribution >= 4 is 23.9 Å². The largest absolute Gasteiger partial charge is 0.479 e. The van der Waals surface area contributed by atoms with Gasteiger partial charge in [0.25, 0.3) is 0 Å². The van der Waals surface area contributed by atoms with E-state index in [0.717, 1.165) is 103 Å². The molecule has 12 heteroatoms. The van der Waals surface area contributed by atoms with E-state index in [2.05, 4.69) is 118 Å². The van der Waals surface area contributed by atoms with Gasteiger partial charge in [-0.1, -0.05) is 234 Å². The molecule has 0 aromatic carbocycles. The van der Waals surface area contributed by atoms with Crippen LogP contribution in [0.3, 0.4) is 0 Å². The molecule has 1 rings (SSSR count). The van der Waals surface area contributed by atoms with Gasteiger partial charge in [-0.15, -0.1) is 0 Å². The van der Waals surface area contributed by atoms with Gasteiger partial charge in [-0.3, -0.25) is 14.4 Å². The molecule has 6 unspecified atom stereocenters. The highest BCUT2D eigenvalue weighted by molar-refractivity contribution is 5.74. The molecule has 1 heterocycles. The number of aliphatic hydroxyl groups is 2. The summed E-state index contributed by atoms with van der Waals surface area (Å²) in [6.45, 7) is 5.83. The van der Waals surface area contributed by atoms with Crippen LogP contribution in [0.4, 0.5) is 0 Å². The number of carbonyl (C=O) groups excluding carboxylic acids is 3. The van der Waals surface area contributed by atoms with Crippen LogP contribution in [0.5, 0.6) is 0 Å². The van der Waals surface area contributed by atoms with Crippen molar-refractivity contribution in [3.63, 3.8) is 0 Å². The average Bonchev–Trinajstić information content (AvgIpc) is 3.57. The van der Waals surface area contributed by atoms with E-state index in [1.165, 1.54) is 109 Å². The molecule has 12 nitrogen and oxygen atoms in total. The summed E-state index contributed by atoms with van der Waals surface area (Å²) >= 11 is 0. The Bertz CT molecular complexity index is 1810. The lowest BCUT2D eigenvalue weighted by atomic mass is 9.98. The number of esters is 3. The van der Waals surface area contributed by atoms with E-state index in [4.69, 9.17) is 23.7 Å². The van der Waals surface area contributed by atoms with E-state index in [-0.39, 0.29) is 25.9 Å². The third-order valence-corrected chi connectivity index (χ3v) is 14.6. The van der Waals surface area contributed by atoms with E-state index in [0.29, 0.717) is 25.7 Å². The highest BCUT2D eigenvalue weighted by atomic mass is 16.7. The van der Waals surface area contributed by atoms with E-state index < -0.39 is 67.3 Å². The monoisotopic (exact) mass is 1160 g/mol. The molecule has 0 radical (unpaired) electrons. The Morgan fingerprint density at radius 3 is 1.18 bits per heavy atom. The van der Waals surface area contributed by atoms with Crippen molar-refractivity contribution < 1.29 is 58.2 Å². The van der Waals surface area contributed by atoms with Gasteiger partial charge in [0.05, 0.1) is 6.61 Å². The number of carboxylic acid groups (broad SMARTS) is 1. The van der Waals surface area contributed by atoms with Crippen LogP contribution in [0.25, 0.3) is 0 Å². The number of aliphatic carboxylic acids is 1. The molecule has 0 bridgehead atoms. The third kappa shape index (κ3) is 47.6. The summed E-state index contributed by atoms with van der Waals surface area (Å²) in [6, 6.07) is 0. The smallest absolute Gasteiger partial charge is 0.335 e. The standard InChI is InChI=1S/C71H118O12/c1-4-7-10-13-16-19-22-25-28-30-32-34-37-39-42-45-48-51-54-57-63(72)79-60-62(81-64(73)58-55-52-49-46-43-41-38-35-33-31-29-26-23-20-17-14-11-8-5-2)61-80-71-69(67(76)66(75)68(83-71)70(77)78)82-65(74)59-56-53-50-47-44-40-36-27-24-21-18-15-12-9-6-3/h9,12,16-21,25-29,36,44,47,62,66-69,71,75-76H,4-8,10-11,13-15,22-24,30-35,37-43,45-46,48-61H2,1-3H3,(H,77,78)/b12-9-,19-16-,20-17-,21-18-,28-25-,29-26-,36-27-,47-44-. The number of hydrogen-bond donors (Lipinski definition) is 3. The molecule has 6 atom stereocenters. The molecule has 1 aliphatic rings. The summed E-state index contributed by atoms with van der Waals surface area (Å²) < 4.78 is 28.5. The van der Waals surface area contributed by atoms with Crippen molar-refractivity contribution in [1.29, 1.82) is 0 Å². The zero-order chi connectivity index (χ0) is 60.3. The second-order valence-electron chi connectivity index (χ2n) is 22.4. The van der Waals surface area contributed by atoms with Gasteiger partial charge < -0.3 is 39.0 Å². The molecule has 0 aromatic rings. The molecule has 83 heavy (non-hydrogen) atoms. The maximum Gasteiger partial charge on any atom is 0.335 e. The molecule has 474 valence electrons. The molecular weight excluding hydrogens is 1040 g/mol. The Morgan fingerprint density at radius 2 is 0.759 bits per heavy atom. The summed E-state index contributed by atoms with van der Waals surface area (Å²) in [7, 11) is 0. The first kappa shape index (κ1) is 76.7. The van der Waals surface area contributed by atoms with E-state index in [1.807, 2.05) is 0 Å². The fourth-order valence-electron chi connectivity index (χ4n) is 9.54. The van der Waals surface area contributed by atoms with Gasteiger partial charge in [0.15, 0.2) is 24.6 Å². The summed E-state index contributed by atoms with van der Waals surface area (Å²) in [5.74, 6) is -3.18. The Labute approximate surface area is 504 Å². The molecule has 1 fully saturated rings. The van der Waals surface area contributed by atoms with Crippen LogP contribution < -0.4 is 0 Å². The third-order valence-electron chi connectivity index (χ3n) is 14.6. The van der Waals surface area contributed by atoms with Crippen LogP contribution in [0, 0.1) is 0 Å². The first-order valence-electron chi connectivity index (χ1n) is 33.2. The average molecular weight is 1160 g/mol. The lowest BCUT2D eigenvalue weighted by Crippen LogP contribution is -2.61. The Balaban J connectivity index is 2.68. The van der Waals surface area contributed by atoms with E-state index >= 15 is 0 Å². The van der Waals surface area contributed by atoms with Gasteiger partial charge in [-0.05, 0) is 122 Å². The quantitative estimate of drug-likeness (QED) is 0.0228. The molecule has 0 amide bonds. The molecule has 0 saturated carbocycles. The van der Waals surface area contributed by atoms with Gasteiger partial charge in [-0.2, -0.15) is 0 Å². The van der Waals surface area contributed by atoms with E-state index in [1.54, 1.807) is 0 Å². The predicted octanol–water partition coefficient (Wildman–Crippen LogP) is 18.0. The zero-order valence-corrected chi connectivity index (χ0v) is 52.4. The van der Waals surface area contributed by atoms with Crippen molar-refractivity contribution in [1.82, 2.24) is 0 Å². The number of aliphatic hydroxyl groups excluding tert-OH is 2. The number of carbonyl (C=O) groups is 4. The molecule has 0 aliphatic carbocycles. The number of carboxylic acids is 1. The predicted molar refractivity (Wildman–Crippen MR) is 340 cm³/mol. The Hall–Kier alpha value is -4.36. The lowest BCUT2D eigenvalue weighted by Gasteiger charge is -2.40. The first-order valence-corrected chi connectivity index (χ1v) is 33.2. The van der Waals surface area contributed by atoms with Crippen molar-refractivity contribution in [3.8, 4) is 0 Å². The maximum absolute atomic E-state index is 13.2.